The monoisotopic (exact) mass is 497 g/mol. The largest absolute Gasteiger partial charge is 0.494 e. The number of amides is 1. The molecule has 1 saturated heterocycles. The van der Waals surface area contributed by atoms with Crippen molar-refractivity contribution in [3.8, 4) is 5.75 Å². The number of benzene rings is 2. The zero-order chi connectivity index (χ0) is 25.5. The maximum atomic E-state index is 12.9. The van der Waals surface area contributed by atoms with Gasteiger partial charge in [0.05, 0.1) is 12.1 Å². The van der Waals surface area contributed by atoms with E-state index in [1.807, 2.05) is 35.5 Å². The van der Waals surface area contributed by atoms with E-state index in [1.165, 1.54) is 16.5 Å². The molecule has 7 heteroatoms. The molecule has 1 atom stereocenters. The number of fused-ring (bicyclic) bond motifs is 1. The van der Waals surface area contributed by atoms with Crippen LogP contribution in [-0.2, 0) is 24.4 Å². The summed E-state index contributed by atoms with van der Waals surface area (Å²) >= 11 is 0. The number of carbonyl (C=O) groups is 1. The van der Waals surface area contributed by atoms with Crippen LogP contribution in [0.5, 0.6) is 5.75 Å². The molecule has 3 heterocycles. The first-order chi connectivity index (χ1) is 18.2. The summed E-state index contributed by atoms with van der Waals surface area (Å²) in [5, 5.41) is 5.35. The average molecular weight is 498 g/mol. The molecule has 192 valence electrons. The number of hydrogen-bond donors (Lipinski definition) is 0. The maximum absolute atomic E-state index is 12.9. The normalized spacial score (nSPS) is 15.8. The van der Waals surface area contributed by atoms with Crippen LogP contribution in [0.1, 0.15) is 36.8 Å². The van der Waals surface area contributed by atoms with Crippen molar-refractivity contribution in [2.24, 2.45) is 0 Å². The van der Waals surface area contributed by atoms with Crippen molar-refractivity contribution in [1.29, 1.82) is 0 Å². The first kappa shape index (κ1) is 25.0. The lowest BCUT2D eigenvalue weighted by molar-refractivity contribution is -0.136. The van der Waals surface area contributed by atoms with E-state index in [1.54, 1.807) is 10.9 Å². The van der Waals surface area contributed by atoms with Crippen LogP contribution in [0.25, 0.3) is 10.9 Å². The van der Waals surface area contributed by atoms with Crippen LogP contribution in [0.4, 0.5) is 0 Å². The van der Waals surface area contributed by atoms with Crippen molar-refractivity contribution in [2.75, 3.05) is 20.2 Å². The summed E-state index contributed by atoms with van der Waals surface area (Å²) in [7, 11) is 2.13. The molecule has 0 saturated carbocycles. The fraction of sp³-hybridized carbons (Fsp3) is 0.367. The molecule has 1 amide bonds. The van der Waals surface area contributed by atoms with Gasteiger partial charge in [0.2, 0.25) is 5.91 Å². The SMILES string of the molecule is CN(Cc1cccc(OCC[C@@H]2CCCCN2C(=O)Cn2cccn2)c1)Cc1cccc2cccnc12. The third-order valence-electron chi connectivity index (χ3n) is 7.03. The van der Waals surface area contributed by atoms with E-state index in [0.29, 0.717) is 13.2 Å². The van der Waals surface area contributed by atoms with Crippen LogP contribution < -0.4 is 4.74 Å². The Morgan fingerprint density at radius 3 is 2.84 bits per heavy atom. The Bertz CT molecular complexity index is 1300. The molecule has 2 aromatic carbocycles. The van der Waals surface area contributed by atoms with Gasteiger partial charge in [-0.25, -0.2) is 0 Å². The van der Waals surface area contributed by atoms with Crippen molar-refractivity contribution < 1.29 is 9.53 Å². The first-order valence-electron chi connectivity index (χ1n) is 13.2. The van der Waals surface area contributed by atoms with E-state index in [9.17, 15) is 4.79 Å². The molecule has 0 radical (unpaired) electrons. The van der Waals surface area contributed by atoms with E-state index in [-0.39, 0.29) is 11.9 Å². The summed E-state index contributed by atoms with van der Waals surface area (Å²) in [6.07, 6.45) is 9.49. The summed E-state index contributed by atoms with van der Waals surface area (Å²) < 4.78 is 7.86. The number of nitrogens with zero attached hydrogens (tertiary/aromatic N) is 5. The number of rotatable bonds is 10. The predicted molar refractivity (Wildman–Crippen MR) is 145 cm³/mol. The van der Waals surface area contributed by atoms with Gasteiger partial charge in [-0.15, -0.1) is 0 Å². The summed E-state index contributed by atoms with van der Waals surface area (Å²) in [4.78, 5) is 21.8. The quantitative estimate of drug-likeness (QED) is 0.311. The molecule has 37 heavy (non-hydrogen) atoms. The number of ether oxygens (including phenoxy) is 1. The third kappa shape index (κ3) is 6.54. The number of para-hydroxylation sites is 1. The molecule has 1 fully saturated rings. The van der Waals surface area contributed by atoms with Crippen LogP contribution in [0.2, 0.25) is 0 Å². The van der Waals surface area contributed by atoms with Crippen molar-refractivity contribution >= 4 is 16.8 Å². The van der Waals surface area contributed by atoms with E-state index in [2.05, 4.69) is 64.5 Å². The van der Waals surface area contributed by atoms with Gasteiger partial charge in [-0.05, 0) is 61.7 Å². The van der Waals surface area contributed by atoms with Gasteiger partial charge in [-0.3, -0.25) is 19.4 Å². The highest BCUT2D eigenvalue weighted by molar-refractivity contribution is 5.81. The lowest BCUT2D eigenvalue weighted by Crippen LogP contribution is -2.45. The zero-order valence-electron chi connectivity index (χ0n) is 21.5. The summed E-state index contributed by atoms with van der Waals surface area (Å²) in [5.74, 6) is 1.02. The Hall–Kier alpha value is -3.71. The fourth-order valence-corrected chi connectivity index (χ4v) is 5.25. The number of hydrogen-bond acceptors (Lipinski definition) is 5. The van der Waals surface area contributed by atoms with Crippen LogP contribution in [0, 0.1) is 0 Å². The maximum Gasteiger partial charge on any atom is 0.244 e. The van der Waals surface area contributed by atoms with E-state index >= 15 is 0 Å². The molecule has 7 nitrogen and oxygen atoms in total. The first-order valence-corrected chi connectivity index (χ1v) is 13.2. The Balaban J connectivity index is 1.14. The van der Waals surface area contributed by atoms with Crippen LogP contribution >= 0.6 is 0 Å². The fourth-order valence-electron chi connectivity index (χ4n) is 5.25. The minimum absolute atomic E-state index is 0.139. The van der Waals surface area contributed by atoms with E-state index < -0.39 is 0 Å². The Labute approximate surface area is 218 Å². The minimum Gasteiger partial charge on any atom is -0.494 e. The van der Waals surface area contributed by atoms with Gasteiger partial charge in [0.1, 0.15) is 12.3 Å². The van der Waals surface area contributed by atoms with E-state index in [0.717, 1.165) is 56.6 Å². The van der Waals surface area contributed by atoms with Gasteiger partial charge in [-0.1, -0.05) is 36.4 Å². The average Bonchev–Trinajstić information content (AvgIpc) is 3.42. The van der Waals surface area contributed by atoms with Crippen molar-refractivity contribution in [2.45, 2.75) is 51.4 Å². The third-order valence-corrected chi connectivity index (χ3v) is 7.03. The topological polar surface area (TPSA) is 63.5 Å². The molecule has 0 aliphatic carbocycles. The second-order valence-electron chi connectivity index (χ2n) is 9.89. The number of likely N-dealkylation sites (tertiary alicyclic amines) is 1. The van der Waals surface area contributed by atoms with Crippen LogP contribution in [0.15, 0.2) is 79.3 Å². The predicted octanol–water partition coefficient (Wildman–Crippen LogP) is 4.91. The molecular weight excluding hydrogens is 462 g/mol. The van der Waals surface area contributed by atoms with Crippen LogP contribution in [0.3, 0.4) is 0 Å². The minimum atomic E-state index is 0.139. The summed E-state index contributed by atoms with van der Waals surface area (Å²) in [6, 6.07) is 20.8. The van der Waals surface area contributed by atoms with Crippen LogP contribution in [-0.4, -0.2) is 56.7 Å². The number of carbonyl (C=O) groups excluding carboxylic acids is 1. The smallest absolute Gasteiger partial charge is 0.244 e. The molecule has 0 unspecified atom stereocenters. The van der Waals surface area contributed by atoms with Gasteiger partial charge < -0.3 is 9.64 Å². The molecule has 1 aliphatic rings. The molecular formula is C30H35N5O2. The number of pyridine rings is 1. The van der Waals surface area contributed by atoms with Gasteiger partial charge >= 0.3 is 0 Å². The van der Waals surface area contributed by atoms with Gasteiger partial charge in [0.25, 0.3) is 0 Å². The molecule has 0 N–H and O–H groups in total. The lowest BCUT2D eigenvalue weighted by Gasteiger charge is -2.35. The molecule has 1 aliphatic heterocycles. The molecule has 0 spiro atoms. The second-order valence-corrected chi connectivity index (χ2v) is 9.89. The Kier molecular flexibility index (Phi) is 8.11. The Morgan fingerprint density at radius 2 is 1.95 bits per heavy atom. The zero-order valence-corrected chi connectivity index (χ0v) is 21.5. The molecule has 2 aromatic heterocycles. The highest BCUT2D eigenvalue weighted by atomic mass is 16.5. The summed E-state index contributed by atoms with van der Waals surface area (Å²) in [6.45, 7) is 3.35. The van der Waals surface area contributed by atoms with Crippen molar-refractivity contribution in [1.82, 2.24) is 24.6 Å². The van der Waals surface area contributed by atoms with E-state index in [4.69, 9.17) is 4.74 Å². The number of piperidine rings is 1. The number of aromatic nitrogens is 3. The highest BCUT2D eigenvalue weighted by Crippen LogP contribution is 2.22. The Morgan fingerprint density at radius 1 is 1.05 bits per heavy atom. The van der Waals surface area contributed by atoms with Gasteiger partial charge in [0.15, 0.2) is 0 Å². The summed E-state index contributed by atoms with van der Waals surface area (Å²) in [5.41, 5.74) is 3.50. The molecule has 5 rings (SSSR count). The van der Waals surface area contributed by atoms with Gasteiger partial charge in [0, 0.05) is 56.1 Å². The van der Waals surface area contributed by atoms with Crippen molar-refractivity contribution in [3.63, 3.8) is 0 Å². The highest BCUT2D eigenvalue weighted by Gasteiger charge is 2.26. The standard InChI is InChI=1S/C30H35N5O2/c1-33(22-26-10-5-9-25-11-6-15-31-30(25)26)21-24-8-4-13-28(20-24)37-19-14-27-12-2-3-18-35(27)29(36)23-34-17-7-16-32-34/h4-11,13,15-17,20,27H,2-3,12,14,18-19,21-23H2,1H3/t27-/m0/s1. The second kappa shape index (κ2) is 12.0. The van der Waals surface area contributed by atoms with Crippen molar-refractivity contribution in [3.05, 3.63) is 90.4 Å². The molecule has 0 bridgehead atoms. The lowest BCUT2D eigenvalue weighted by atomic mass is 9.99. The molecule has 4 aromatic rings. The van der Waals surface area contributed by atoms with Gasteiger partial charge in [-0.2, -0.15) is 5.10 Å².